The smallest absolute Gasteiger partial charge is 0.272 e. The van der Waals surface area contributed by atoms with E-state index in [0.717, 1.165) is 11.2 Å². The summed E-state index contributed by atoms with van der Waals surface area (Å²) in [5, 5.41) is 0. The van der Waals surface area contributed by atoms with Gasteiger partial charge in [-0.3, -0.25) is 14.7 Å². The Labute approximate surface area is 230 Å². The van der Waals surface area contributed by atoms with Crippen LogP contribution in [0.1, 0.15) is 44.2 Å². The number of fused-ring (bicyclic) bond motifs is 1. The topological polar surface area (TPSA) is 102 Å². The number of aromatic nitrogens is 6. The number of hydrogen-bond acceptors (Lipinski definition) is 8. The molecular formula is C28H30F2N8O2. The van der Waals surface area contributed by atoms with Crippen LogP contribution in [-0.4, -0.2) is 79.0 Å². The molecule has 1 amide bonds. The van der Waals surface area contributed by atoms with E-state index < -0.39 is 5.92 Å². The number of carbonyl (C=O) groups excluding carboxylic acids is 1. The summed E-state index contributed by atoms with van der Waals surface area (Å²) in [4.78, 5) is 39.0. The molecular weight excluding hydrogens is 518 g/mol. The van der Waals surface area contributed by atoms with Gasteiger partial charge in [0.1, 0.15) is 5.82 Å². The van der Waals surface area contributed by atoms with Gasteiger partial charge in [-0.05, 0) is 44.5 Å². The van der Waals surface area contributed by atoms with Crippen LogP contribution in [0.15, 0.2) is 43.0 Å². The van der Waals surface area contributed by atoms with Crippen LogP contribution in [0.3, 0.4) is 0 Å². The standard InChI is InChI=1S/C28H30F2N8O2/c1-17(2)38-16-33-26-23(38)12-22(35-27(26)40-3)21-6-8-31-24(34-21)10-18-4-5-20(13-32-18)37-9-7-19(11-25(37)39)36-14-28(29,30)15-36/h4-6,8,12-13,16-17,19H,7,9-11,14-15H2,1-3H3. The maximum atomic E-state index is 13.2. The van der Waals surface area contributed by atoms with Gasteiger partial charge in [0.2, 0.25) is 11.8 Å². The van der Waals surface area contributed by atoms with Crippen molar-refractivity contribution in [3.8, 4) is 17.3 Å². The summed E-state index contributed by atoms with van der Waals surface area (Å²) < 4.78 is 34.0. The zero-order valence-corrected chi connectivity index (χ0v) is 22.6. The Morgan fingerprint density at radius 2 is 1.93 bits per heavy atom. The molecule has 4 aromatic heterocycles. The largest absolute Gasteiger partial charge is 0.479 e. The van der Waals surface area contributed by atoms with Crippen molar-refractivity contribution in [3.05, 3.63) is 54.5 Å². The molecule has 0 aliphatic carbocycles. The third-order valence-corrected chi connectivity index (χ3v) is 7.49. The van der Waals surface area contributed by atoms with Crippen molar-refractivity contribution in [2.75, 3.05) is 31.6 Å². The van der Waals surface area contributed by atoms with Crippen molar-refractivity contribution in [3.63, 3.8) is 0 Å². The number of piperidine rings is 1. The van der Waals surface area contributed by atoms with Gasteiger partial charge in [-0.15, -0.1) is 0 Å². The zero-order chi connectivity index (χ0) is 28.0. The van der Waals surface area contributed by atoms with E-state index in [1.165, 1.54) is 0 Å². The maximum Gasteiger partial charge on any atom is 0.272 e. The Hall–Kier alpha value is -4.06. The molecule has 0 saturated carbocycles. The fourth-order valence-electron chi connectivity index (χ4n) is 5.36. The second-order valence-corrected chi connectivity index (χ2v) is 10.6. The van der Waals surface area contributed by atoms with E-state index >= 15 is 0 Å². The van der Waals surface area contributed by atoms with E-state index in [1.807, 2.05) is 18.2 Å². The average molecular weight is 549 g/mol. The predicted octanol–water partition coefficient (Wildman–Crippen LogP) is 3.91. The second-order valence-electron chi connectivity index (χ2n) is 10.6. The molecule has 0 aromatic carbocycles. The molecule has 0 N–H and O–H groups in total. The van der Waals surface area contributed by atoms with Gasteiger partial charge in [0.15, 0.2) is 5.52 Å². The van der Waals surface area contributed by atoms with Crippen molar-refractivity contribution in [1.82, 2.24) is 34.4 Å². The first-order valence-electron chi connectivity index (χ1n) is 13.3. The summed E-state index contributed by atoms with van der Waals surface area (Å²) in [5.74, 6) is -1.68. The molecule has 6 heterocycles. The summed E-state index contributed by atoms with van der Waals surface area (Å²) in [7, 11) is 1.57. The van der Waals surface area contributed by atoms with E-state index in [4.69, 9.17) is 9.72 Å². The number of imidazole rings is 1. The Morgan fingerprint density at radius 3 is 2.60 bits per heavy atom. The first-order valence-corrected chi connectivity index (χ1v) is 13.3. The number of methoxy groups -OCH3 is 1. The minimum atomic E-state index is -2.63. The molecule has 12 heteroatoms. The molecule has 6 rings (SSSR count). The summed E-state index contributed by atoms with van der Waals surface area (Å²) in [5.41, 5.74) is 4.38. The molecule has 2 fully saturated rings. The van der Waals surface area contributed by atoms with Gasteiger partial charge in [-0.1, -0.05) is 0 Å². The number of hydrogen-bond donors (Lipinski definition) is 0. The van der Waals surface area contributed by atoms with Crippen LogP contribution in [0.25, 0.3) is 22.4 Å². The number of rotatable bonds is 7. The normalized spacial score (nSPS) is 19.3. The Kier molecular flexibility index (Phi) is 6.65. The van der Waals surface area contributed by atoms with Gasteiger partial charge in [-0.2, -0.15) is 0 Å². The number of amides is 1. The number of alkyl halides is 2. The van der Waals surface area contributed by atoms with Gasteiger partial charge in [0.25, 0.3) is 5.92 Å². The lowest BCUT2D eigenvalue weighted by Crippen LogP contribution is -2.62. The van der Waals surface area contributed by atoms with Crippen LogP contribution in [0, 0.1) is 0 Å². The molecule has 0 radical (unpaired) electrons. The third-order valence-electron chi connectivity index (χ3n) is 7.49. The van der Waals surface area contributed by atoms with Crippen molar-refractivity contribution in [2.45, 2.75) is 51.1 Å². The highest BCUT2D eigenvalue weighted by Crippen LogP contribution is 2.33. The van der Waals surface area contributed by atoms with Crippen LogP contribution in [-0.2, 0) is 11.2 Å². The number of carbonyl (C=O) groups is 1. The molecule has 40 heavy (non-hydrogen) atoms. The van der Waals surface area contributed by atoms with Crippen molar-refractivity contribution in [2.24, 2.45) is 0 Å². The number of likely N-dealkylation sites (tertiary alicyclic amines) is 1. The van der Waals surface area contributed by atoms with E-state index in [0.29, 0.717) is 53.7 Å². The Balaban J connectivity index is 1.16. The number of ether oxygens (including phenoxy) is 1. The minimum absolute atomic E-state index is 0.0734. The summed E-state index contributed by atoms with van der Waals surface area (Å²) in [6.45, 7) is 4.14. The van der Waals surface area contributed by atoms with E-state index in [2.05, 4.69) is 38.4 Å². The molecule has 10 nitrogen and oxygen atoms in total. The fourth-order valence-corrected chi connectivity index (χ4v) is 5.36. The van der Waals surface area contributed by atoms with Crippen molar-refractivity contribution in [1.29, 1.82) is 0 Å². The van der Waals surface area contributed by atoms with Crippen LogP contribution < -0.4 is 9.64 Å². The molecule has 2 saturated heterocycles. The van der Waals surface area contributed by atoms with Crippen molar-refractivity contribution < 1.29 is 18.3 Å². The lowest BCUT2D eigenvalue weighted by molar-refractivity contribution is -0.153. The molecule has 2 aliphatic rings. The molecule has 4 aromatic rings. The van der Waals surface area contributed by atoms with Crippen molar-refractivity contribution >= 4 is 22.6 Å². The third kappa shape index (κ3) is 4.99. The molecule has 2 aliphatic heterocycles. The maximum absolute atomic E-state index is 13.2. The molecule has 1 unspecified atom stereocenters. The predicted molar refractivity (Wildman–Crippen MR) is 144 cm³/mol. The number of anilines is 1. The Bertz CT molecular complexity index is 1550. The summed E-state index contributed by atoms with van der Waals surface area (Å²) in [6, 6.07) is 7.57. The van der Waals surface area contributed by atoms with E-state index in [-0.39, 0.29) is 37.5 Å². The monoisotopic (exact) mass is 548 g/mol. The number of pyridine rings is 2. The van der Waals surface area contributed by atoms with Gasteiger partial charge in [0, 0.05) is 36.9 Å². The number of nitrogens with zero attached hydrogens (tertiary/aromatic N) is 8. The van der Waals surface area contributed by atoms with Gasteiger partial charge >= 0.3 is 0 Å². The summed E-state index contributed by atoms with van der Waals surface area (Å²) in [6.07, 6.45) is 6.45. The Morgan fingerprint density at radius 1 is 1.10 bits per heavy atom. The van der Waals surface area contributed by atoms with Gasteiger partial charge < -0.3 is 14.2 Å². The zero-order valence-electron chi connectivity index (χ0n) is 22.6. The fraction of sp³-hybridized carbons (Fsp3) is 0.429. The number of halogens is 2. The lowest BCUT2D eigenvalue weighted by Gasteiger charge is -2.46. The molecule has 0 spiro atoms. The van der Waals surface area contributed by atoms with Gasteiger partial charge in [0.05, 0.1) is 61.7 Å². The van der Waals surface area contributed by atoms with Crippen LogP contribution in [0.5, 0.6) is 5.88 Å². The lowest BCUT2D eigenvalue weighted by atomic mass is 9.97. The summed E-state index contributed by atoms with van der Waals surface area (Å²) >= 11 is 0. The van der Waals surface area contributed by atoms with Crippen LogP contribution >= 0.6 is 0 Å². The SMILES string of the molecule is COc1nc(-c2ccnc(Cc3ccc(N4CCC(N5CC(F)(F)C5)CC4=O)cn3)n2)cc2c1ncn2C(C)C. The first-order chi connectivity index (χ1) is 19.2. The molecule has 0 bridgehead atoms. The second kappa shape index (κ2) is 10.2. The van der Waals surface area contributed by atoms with E-state index in [1.54, 1.807) is 41.7 Å². The molecule has 208 valence electrons. The highest BCUT2D eigenvalue weighted by molar-refractivity contribution is 5.94. The van der Waals surface area contributed by atoms with Gasteiger partial charge in [-0.25, -0.2) is 28.7 Å². The average Bonchev–Trinajstić information content (AvgIpc) is 3.36. The highest BCUT2D eigenvalue weighted by atomic mass is 19.3. The first kappa shape index (κ1) is 26.2. The molecule has 1 atom stereocenters. The quantitative estimate of drug-likeness (QED) is 0.343. The minimum Gasteiger partial charge on any atom is -0.479 e. The highest BCUT2D eigenvalue weighted by Gasteiger charge is 2.47. The van der Waals surface area contributed by atoms with E-state index in [9.17, 15) is 13.6 Å². The van der Waals surface area contributed by atoms with Crippen LogP contribution in [0.2, 0.25) is 0 Å². The van der Waals surface area contributed by atoms with Crippen LogP contribution in [0.4, 0.5) is 14.5 Å².